The first-order chi connectivity index (χ1) is 16.9. The van der Waals surface area contributed by atoms with Crippen LogP contribution in [0.5, 0.6) is 0 Å². The molecule has 0 aliphatic carbocycles. The largest absolute Gasteiger partial charge is 0.473 e. The molecule has 1 fully saturated rings. The second kappa shape index (κ2) is 11.3. The lowest BCUT2D eigenvalue weighted by atomic mass is 10.00. The highest BCUT2D eigenvalue weighted by Gasteiger charge is 2.30. The van der Waals surface area contributed by atoms with E-state index in [0.29, 0.717) is 6.10 Å². The lowest BCUT2D eigenvalue weighted by Gasteiger charge is -2.32. The number of nitrogens with zero attached hydrogens (tertiary/aromatic N) is 3. The molecule has 0 bridgehead atoms. The van der Waals surface area contributed by atoms with Crippen molar-refractivity contribution >= 4 is 11.9 Å². The number of aromatic nitrogens is 2. The van der Waals surface area contributed by atoms with Crippen molar-refractivity contribution in [2.45, 2.75) is 44.4 Å². The van der Waals surface area contributed by atoms with Crippen molar-refractivity contribution < 1.29 is 24.5 Å². The number of rotatable bonds is 4. The Kier molecular flexibility index (Phi) is 7.94. The van der Waals surface area contributed by atoms with Gasteiger partial charge >= 0.3 is 11.9 Å². The summed E-state index contributed by atoms with van der Waals surface area (Å²) in [7, 11) is 2.19. The van der Waals surface area contributed by atoms with Gasteiger partial charge in [0.15, 0.2) is 0 Å². The maximum Gasteiger partial charge on any atom is 0.414 e. The number of aliphatic carboxylic acids is 2. The van der Waals surface area contributed by atoms with Crippen LogP contribution in [-0.4, -0.2) is 62.8 Å². The van der Waals surface area contributed by atoms with Gasteiger partial charge in [-0.2, -0.15) is 0 Å². The Hall–Kier alpha value is -3.49. The molecular formula is C27H31N3O5. The third kappa shape index (κ3) is 6.35. The monoisotopic (exact) mass is 477 g/mol. The van der Waals surface area contributed by atoms with E-state index in [1.807, 2.05) is 0 Å². The van der Waals surface area contributed by atoms with Crippen LogP contribution in [0.2, 0.25) is 0 Å². The maximum atomic E-state index is 9.10. The van der Waals surface area contributed by atoms with Crippen LogP contribution in [0.1, 0.15) is 47.2 Å². The Balaban J connectivity index is 0.000000431. The fourth-order valence-electron chi connectivity index (χ4n) is 4.61. The first-order valence-electron chi connectivity index (χ1n) is 11.9. The van der Waals surface area contributed by atoms with E-state index in [1.54, 1.807) is 0 Å². The predicted octanol–water partition coefficient (Wildman–Crippen LogP) is 3.39. The molecule has 1 aromatic heterocycles. The third-order valence-electron chi connectivity index (χ3n) is 6.46. The lowest BCUT2D eigenvalue weighted by Crippen LogP contribution is -2.35. The molecule has 8 nitrogen and oxygen atoms in total. The summed E-state index contributed by atoms with van der Waals surface area (Å²) in [6.45, 7) is 3.17. The van der Waals surface area contributed by atoms with Crippen LogP contribution in [0.4, 0.5) is 0 Å². The molecular weight excluding hydrogens is 446 g/mol. The SMILES string of the molecule is CN1CCC(OC2c3ccccc3CCn3cc(Cc4ccccc4)nc32)CC1.O=C(O)C(=O)O. The second-order valence-electron chi connectivity index (χ2n) is 9.02. The number of imidazole rings is 1. The highest BCUT2D eigenvalue weighted by atomic mass is 16.5. The molecule has 1 unspecified atom stereocenters. The number of ether oxygens (including phenoxy) is 1. The quantitative estimate of drug-likeness (QED) is 0.555. The van der Waals surface area contributed by atoms with Crippen molar-refractivity contribution in [2.24, 2.45) is 0 Å². The Morgan fingerprint density at radius 3 is 2.31 bits per heavy atom. The van der Waals surface area contributed by atoms with Gasteiger partial charge in [0.05, 0.1) is 11.8 Å². The average molecular weight is 478 g/mol. The Morgan fingerprint density at radius 2 is 1.63 bits per heavy atom. The summed E-state index contributed by atoms with van der Waals surface area (Å²) >= 11 is 0. The van der Waals surface area contributed by atoms with E-state index in [1.165, 1.54) is 16.7 Å². The van der Waals surface area contributed by atoms with Gasteiger partial charge in [-0.05, 0) is 43.0 Å². The zero-order valence-corrected chi connectivity index (χ0v) is 19.8. The van der Waals surface area contributed by atoms with Crippen LogP contribution < -0.4 is 0 Å². The van der Waals surface area contributed by atoms with E-state index in [-0.39, 0.29) is 6.10 Å². The molecule has 2 aliphatic heterocycles. The molecule has 3 heterocycles. The number of carbonyl (C=O) groups is 2. The molecule has 0 radical (unpaired) electrons. The first-order valence-corrected chi connectivity index (χ1v) is 11.9. The van der Waals surface area contributed by atoms with E-state index < -0.39 is 11.9 Å². The minimum absolute atomic E-state index is 0.0772. The minimum Gasteiger partial charge on any atom is -0.473 e. The van der Waals surface area contributed by atoms with Gasteiger partial charge in [-0.1, -0.05) is 54.6 Å². The molecule has 0 spiro atoms. The normalized spacial score (nSPS) is 17.9. The van der Waals surface area contributed by atoms with Crippen molar-refractivity contribution in [3.63, 3.8) is 0 Å². The number of likely N-dealkylation sites (tertiary alicyclic amines) is 1. The predicted molar refractivity (Wildman–Crippen MR) is 130 cm³/mol. The number of carboxylic acid groups (broad SMARTS) is 2. The number of benzene rings is 2. The summed E-state index contributed by atoms with van der Waals surface area (Å²) in [5.74, 6) is -2.58. The molecule has 2 aromatic carbocycles. The highest BCUT2D eigenvalue weighted by molar-refractivity contribution is 6.27. The molecule has 35 heavy (non-hydrogen) atoms. The number of hydrogen-bond donors (Lipinski definition) is 2. The van der Waals surface area contributed by atoms with Crippen molar-refractivity contribution in [3.05, 3.63) is 89.0 Å². The number of piperidine rings is 1. The van der Waals surface area contributed by atoms with Gasteiger partial charge in [0, 0.05) is 32.3 Å². The average Bonchev–Trinajstić information content (AvgIpc) is 3.19. The van der Waals surface area contributed by atoms with Crippen LogP contribution in [0.15, 0.2) is 60.8 Å². The summed E-state index contributed by atoms with van der Waals surface area (Å²) in [6, 6.07) is 19.4. The summed E-state index contributed by atoms with van der Waals surface area (Å²) in [5.41, 5.74) is 5.11. The molecule has 2 aliphatic rings. The number of hydrogen-bond acceptors (Lipinski definition) is 5. The van der Waals surface area contributed by atoms with Crippen LogP contribution >= 0.6 is 0 Å². The molecule has 5 rings (SSSR count). The van der Waals surface area contributed by atoms with Crippen LogP contribution in [0.25, 0.3) is 0 Å². The maximum absolute atomic E-state index is 9.10. The van der Waals surface area contributed by atoms with Crippen LogP contribution in [0, 0.1) is 0 Å². The second-order valence-corrected chi connectivity index (χ2v) is 9.02. The minimum atomic E-state index is -1.82. The van der Waals surface area contributed by atoms with E-state index in [2.05, 4.69) is 77.3 Å². The van der Waals surface area contributed by atoms with E-state index >= 15 is 0 Å². The van der Waals surface area contributed by atoms with Crippen molar-refractivity contribution in [3.8, 4) is 0 Å². The molecule has 2 N–H and O–H groups in total. The highest BCUT2D eigenvalue weighted by Crippen LogP contribution is 2.34. The van der Waals surface area contributed by atoms with Gasteiger partial charge in [-0.25, -0.2) is 14.6 Å². The standard InChI is InChI=1S/C25H29N3O.C2H2O4/c1-27-14-12-22(13-15-27)29-24-23-10-6-5-9-20(23)11-16-28-18-21(26-25(24)28)17-19-7-3-2-4-8-19;3-1(4)2(5)6/h2-10,18,22,24H,11-17H2,1H3;(H,3,4)(H,5,6). The summed E-state index contributed by atoms with van der Waals surface area (Å²) in [5, 5.41) is 14.8. The summed E-state index contributed by atoms with van der Waals surface area (Å²) in [6.07, 6.45) is 6.52. The van der Waals surface area contributed by atoms with E-state index in [9.17, 15) is 0 Å². The summed E-state index contributed by atoms with van der Waals surface area (Å²) < 4.78 is 9.10. The van der Waals surface area contributed by atoms with Gasteiger partial charge in [-0.3, -0.25) is 0 Å². The number of fused-ring (bicyclic) bond motifs is 2. The number of carboxylic acids is 2. The molecule has 1 atom stereocenters. The Morgan fingerprint density at radius 1 is 0.971 bits per heavy atom. The topological polar surface area (TPSA) is 105 Å². The molecule has 8 heteroatoms. The summed E-state index contributed by atoms with van der Waals surface area (Å²) in [4.78, 5) is 25.7. The zero-order valence-electron chi connectivity index (χ0n) is 19.8. The third-order valence-corrected chi connectivity index (χ3v) is 6.46. The molecule has 184 valence electrons. The van der Waals surface area contributed by atoms with Gasteiger partial charge in [-0.15, -0.1) is 0 Å². The van der Waals surface area contributed by atoms with Gasteiger partial charge in [0.2, 0.25) is 0 Å². The van der Waals surface area contributed by atoms with Gasteiger partial charge in [0.25, 0.3) is 0 Å². The van der Waals surface area contributed by atoms with Crippen molar-refractivity contribution in [2.75, 3.05) is 20.1 Å². The zero-order chi connectivity index (χ0) is 24.8. The molecule has 0 amide bonds. The van der Waals surface area contributed by atoms with Crippen LogP contribution in [-0.2, 0) is 33.7 Å². The van der Waals surface area contributed by atoms with Crippen molar-refractivity contribution in [1.82, 2.24) is 14.5 Å². The Bertz CT molecular complexity index is 1140. The van der Waals surface area contributed by atoms with E-state index in [4.69, 9.17) is 29.5 Å². The fourth-order valence-corrected chi connectivity index (χ4v) is 4.61. The smallest absolute Gasteiger partial charge is 0.414 e. The van der Waals surface area contributed by atoms with Crippen LogP contribution in [0.3, 0.4) is 0 Å². The molecule has 0 saturated carbocycles. The van der Waals surface area contributed by atoms with Gasteiger partial charge in [0.1, 0.15) is 11.9 Å². The lowest BCUT2D eigenvalue weighted by molar-refractivity contribution is -0.159. The fraction of sp³-hybridized carbons (Fsp3) is 0.370. The van der Waals surface area contributed by atoms with Crippen molar-refractivity contribution in [1.29, 1.82) is 0 Å². The molecule has 3 aromatic rings. The number of aryl methyl sites for hydroxylation is 2. The van der Waals surface area contributed by atoms with Gasteiger partial charge < -0.3 is 24.4 Å². The molecule has 1 saturated heterocycles. The first kappa shape index (κ1) is 24.6. The Labute approximate surface area is 204 Å². The van der Waals surface area contributed by atoms with E-state index in [0.717, 1.165) is 56.8 Å².